The summed E-state index contributed by atoms with van der Waals surface area (Å²) in [6, 6.07) is 5.49. The van der Waals surface area contributed by atoms with Gasteiger partial charge in [0.1, 0.15) is 5.75 Å². The van der Waals surface area contributed by atoms with Crippen LogP contribution in [0.25, 0.3) is 0 Å². The van der Waals surface area contributed by atoms with E-state index >= 15 is 0 Å². The fourth-order valence-corrected chi connectivity index (χ4v) is 1.61. The van der Waals surface area contributed by atoms with E-state index in [2.05, 4.69) is 12.2 Å². The highest BCUT2D eigenvalue weighted by atomic mass is 35.5. The zero-order valence-electron chi connectivity index (χ0n) is 11.0. The molecule has 0 heterocycles. The minimum absolute atomic E-state index is 0.303. The second-order valence-electron chi connectivity index (χ2n) is 3.77. The molecule has 0 aromatic heterocycles. The van der Waals surface area contributed by atoms with Crippen LogP contribution in [0.3, 0.4) is 0 Å². The Morgan fingerprint density at radius 3 is 2.61 bits per heavy atom. The zero-order valence-corrected chi connectivity index (χ0v) is 11.8. The third-order valence-corrected chi connectivity index (χ3v) is 2.62. The molecule has 0 aliphatic carbocycles. The predicted molar refractivity (Wildman–Crippen MR) is 73.5 cm³/mol. The van der Waals surface area contributed by atoms with E-state index in [4.69, 9.17) is 25.8 Å². The molecule has 0 amide bonds. The van der Waals surface area contributed by atoms with E-state index in [-0.39, 0.29) is 6.29 Å². The first-order valence-electron chi connectivity index (χ1n) is 5.93. The van der Waals surface area contributed by atoms with Crippen LogP contribution in [0.15, 0.2) is 18.2 Å². The van der Waals surface area contributed by atoms with E-state index < -0.39 is 0 Å². The summed E-state index contributed by atoms with van der Waals surface area (Å²) >= 11 is 5.98. The van der Waals surface area contributed by atoms with Crippen LogP contribution in [-0.2, 0) is 9.47 Å². The van der Waals surface area contributed by atoms with Gasteiger partial charge in [0.25, 0.3) is 0 Å². The van der Waals surface area contributed by atoms with Crippen LogP contribution >= 0.6 is 11.6 Å². The van der Waals surface area contributed by atoms with Crippen molar-refractivity contribution in [2.24, 2.45) is 0 Å². The molecule has 102 valence electrons. The molecule has 0 spiro atoms. The van der Waals surface area contributed by atoms with E-state index in [9.17, 15) is 0 Å². The molecule has 1 aromatic carbocycles. The first kappa shape index (κ1) is 15.1. The molecule has 0 radical (unpaired) electrons. The number of benzene rings is 1. The highest BCUT2D eigenvalue weighted by molar-refractivity contribution is 6.30. The number of hydrogen-bond acceptors (Lipinski definition) is 4. The van der Waals surface area contributed by atoms with Gasteiger partial charge >= 0.3 is 0 Å². The molecule has 18 heavy (non-hydrogen) atoms. The molecule has 5 heteroatoms. The second kappa shape index (κ2) is 8.19. The highest BCUT2D eigenvalue weighted by Gasteiger charge is 2.08. The van der Waals surface area contributed by atoms with Crippen molar-refractivity contribution in [3.63, 3.8) is 0 Å². The van der Waals surface area contributed by atoms with Crippen LogP contribution in [0.2, 0.25) is 5.02 Å². The molecule has 0 saturated heterocycles. The minimum atomic E-state index is -0.303. The van der Waals surface area contributed by atoms with Crippen LogP contribution < -0.4 is 10.1 Å². The van der Waals surface area contributed by atoms with Gasteiger partial charge in [0.05, 0.1) is 18.8 Å². The van der Waals surface area contributed by atoms with Gasteiger partial charge in [-0.15, -0.1) is 0 Å². The van der Waals surface area contributed by atoms with Gasteiger partial charge < -0.3 is 19.5 Å². The molecule has 0 saturated carbocycles. The first-order chi connectivity index (χ1) is 8.71. The quantitative estimate of drug-likeness (QED) is 0.739. The smallest absolute Gasteiger partial charge is 0.173 e. The third kappa shape index (κ3) is 4.72. The lowest BCUT2D eigenvalue weighted by Crippen LogP contribution is -2.23. The number of anilines is 1. The van der Waals surface area contributed by atoms with Crippen LogP contribution in [-0.4, -0.2) is 33.7 Å². The molecule has 0 atom stereocenters. The van der Waals surface area contributed by atoms with Gasteiger partial charge in [0.2, 0.25) is 0 Å². The van der Waals surface area contributed by atoms with Crippen molar-refractivity contribution in [2.45, 2.75) is 19.6 Å². The Hall–Kier alpha value is -0.970. The second-order valence-corrected chi connectivity index (χ2v) is 4.21. The molecule has 0 bridgehead atoms. The van der Waals surface area contributed by atoms with Crippen LogP contribution in [0, 0.1) is 0 Å². The van der Waals surface area contributed by atoms with E-state index in [0.717, 1.165) is 17.9 Å². The SMILES string of the molecule is CCCOc1ccc(Cl)cc1NCC(OC)OC. The summed E-state index contributed by atoms with van der Waals surface area (Å²) in [6.07, 6.45) is 0.656. The van der Waals surface area contributed by atoms with Gasteiger partial charge in [-0.05, 0) is 24.6 Å². The van der Waals surface area contributed by atoms with Crippen molar-refractivity contribution in [3.8, 4) is 5.75 Å². The topological polar surface area (TPSA) is 39.7 Å². The van der Waals surface area contributed by atoms with Crippen molar-refractivity contribution in [2.75, 3.05) is 32.7 Å². The summed E-state index contributed by atoms with van der Waals surface area (Å²) in [5, 5.41) is 3.87. The van der Waals surface area contributed by atoms with Crippen molar-refractivity contribution >= 4 is 17.3 Å². The highest BCUT2D eigenvalue weighted by Crippen LogP contribution is 2.28. The normalized spacial score (nSPS) is 10.7. The van der Waals surface area contributed by atoms with Crippen LogP contribution in [0.1, 0.15) is 13.3 Å². The number of methoxy groups -OCH3 is 2. The standard InChI is InChI=1S/C13H20ClNO3/c1-4-7-18-12-6-5-10(14)8-11(12)15-9-13(16-2)17-3/h5-6,8,13,15H,4,7,9H2,1-3H3. The third-order valence-electron chi connectivity index (χ3n) is 2.39. The molecule has 0 aliphatic rings. The number of halogens is 1. The summed E-state index contributed by atoms with van der Waals surface area (Å²) in [4.78, 5) is 0. The molecular weight excluding hydrogens is 254 g/mol. The molecule has 0 unspecified atom stereocenters. The summed E-state index contributed by atoms with van der Waals surface area (Å²) in [7, 11) is 3.20. The minimum Gasteiger partial charge on any atom is -0.491 e. The summed E-state index contributed by atoms with van der Waals surface area (Å²) in [5.74, 6) is 0.784. The van der Waals surface area contributed by atoms with Gasteiger partial charge in [-0.1, -0.05) is 18.5 Å². The Labute approximate surface area is 113 Å². The van der Waals surface area contributed by atoms with Gasteiger partial charge in [0.15, 0.2) is 6.29 Å². The van der Waals surface area contributed by atoms with Crippen molar-refractivity contribution < 1.29 is 14.2 Å². The average molecular weight is 274 g/mol. The van der Waals surface area contributed by atoms with Gasteiger partial charge in [-0.25, -0.2) is 0 Å². The van der Waals surface area contributed by atoms with Crippen molar-refractivity contribution in [1.29, 1.82) is 0 Å². The Balaban J connectivity index is 2.68. The zero-order chi connectivity index (χ0) is 13.4. The van der Waals surface area contributed by atoms with Gasteiger partial charge in [-0.2, -0.15) is 0 Å². The number of ether oxygens (including phenoxy) is 3. The molecular formula is C13H20ClNO3. The molecule has 1 aromatic rings. The monoisotopic (exact) mass is 273 g/mol. The average Bonchev–Trinajstić information content (AvgIpc) is 2.39. The molecule has 0 fully saturated rings. The first-order valence-corrected chi connectivity index (χ1v) is 6.30. The van der Waals surface area contributed by atoms with E-state index in [0.29, 0.717) is 18.2 Å². The lowest BCUT2D eigenvalue weighted by Gasteiger charge is -2.17. The fraction of sp³-hybridized carbons (Fsp3) is 0.538. The molecule has 0 aliphatic heterocycles. The molecule has 1 N–H and O–H groups in total. The Kier molecular flexibility index (Phi) is 6.86. The summed E-state index contributed by atoms with van der Waals surface area (Å²) < 4.78 is 15.9. The number of hydrogen-bond donors (Lipinski definition) is 1. The molecule has 4 nitrogen and oxygen atoms in total. The van der Waals surface area contributed by atoms with Crippen molar-refractivity contribution in [3.05, 3.63) is 23.2 Å². The van der Waals surface area contributed by atoms with E-state index in [1.165, 1.54) is 0 Å². The van der Waals surface area contributed by atoms with Gasteiger partial charge in [0, 0.05) is 19.2 Å². The maximum absolute atomic E-state index is 5.98. The maximum Gasteiger partial charge on any atom is 0.173 e. The van der Waals surface area contributed by atoms with Crippen LogP contribution in [0.5, 0.6) is 5.75 Å². The Bertz CT molecular complexity index is 356. The van der Waals surface area contributed by atoms with Crippen LogP contribution in [0.4, 0.5) is 5.69 Å². The lowest BCUT2D eigenvalue weighted by atomic mass is 10.3. The van der Waals surface area contributed by atoms with E-state index in [1.54, 1.807) is 14.2 Å². The predicted octanol–water partition coefficient (Wildman–Crippen LogP) is 3.16. The lowest BCUT2D eigenvalue weighted by molar-refractivity contribution is -0.0914. The largest absolute Gasteiger partial charge is 0.491 e. The number of nitrogens with one attached hydrogen (secondary N) is 1. The van der Waals surface area contributed by atoms with E-state index in [1.807, 2.05) is 18.2 Å². The fourth-order valence-electron chi connectivity index (χ4n) is 1.43. The summed E-state index contributed by atoms with van der Waals surface area (Å²) in [5.41, 5.74) is 0.843. The number of rotatable bonds is 8. The maximum atomic E-state index is 5.98. The Morgan fingerprint density at radius 2 is 2.00 bits per heavy atom. The summed E-state index contributed by atoms with van der Waals surface area (Å²) in [6.45, 7) is 3.26. The van der Waals surface area contributed by atoms with Gasteiger partial charge in [-0.3, -0.25) is 0 Å². The molecule has 1 rings (SSSR count). The Morgan fingerprint density at radius 1 is 1.28 bits per heavy atom. The van der Waals surface area contributed by atoms with Crippen molar-refractivity contribution in [1.82, 2.24) is 0 Å².